The Balaban J connectivity index is 2.11. The van der Waals surface area contributed by atoms with Crippen molar-refractivity contribution in [3.05, 3.63) is 52.7 Å². The van der Waals surface area contributed by atoms with Gasteiger partial charge in [-0.05, 0) is 18.2 Å². The van der Waals surface area contributed by atoms with Crippen LogP contribution >= 0.6 is 11.6 Å². The van der Waals surface area contributed by atoms with E-state index in [1.165, 1.54) is 0 Å². The predicted octanol–water partition coefficient (Wildman–Crippen LogP) is 1.96. The maximum atomic E-state index is 12.1. The first-order chi connectivity index (χ1) is 10.2. The number of methoxy groups -OCH3 is 1. The first-order valence-electron chi connectivity index (χ1n) is 6.19. The molecule has 0 spiro atoms. The van der Waals surface area contributed by atoms with Gasteiger partial charge in [0.2, 0.25) is 0 Å². The molecular weight excluding hydrogens is 292 g/mol. The first kappa shape index (κ1) is 15.1. The Hall–Kier alpha value is -2.31. The summed E-state index contributed by atoms with van der Waals surface area (Å²) in [6.07, 6.45) is 0. The Labute approximate surface area is 127 Å². The van der Waals surface area contributed by atoms with Crippen molar-refractivity contribution in [1.82, 2.24) is 10.3 Å². The molecule has 0 fully saturated rings. The summed E-state index contributed by atoms with van der Waals surface area (Å²) in [5.74, 6) is 5.95. The number of rotatable bonds is 5. The third kappa shape index (κ3) is 3.62. The molecule has 21 heavy (non-hydrogen) atoms. The van der Waals surface area contributed by atoms with Gasteiger partial charge in [0.15, 0.2) is 0 Å². The number of pyridine rings is 1. The molecule has 6 nitrogen and oxygen atoms in total. The van der Waals surface area contributed by atoms with Crippen LogP contribution in [0.25, 0.3) is 0 Å². The Morgan fingerprint density at radius 2 is 2.10 bits per heavy atom. The monoisotopic (exact) mass is 306 g/mol. The number of hydrogen-bond acceptors (Lipinski definition) is 5. The highest BCUT2D eigenvalue weighted by Gasteiger charge is 2.13. The number of halogens is 1. The molecule has 0 aliphatic carbocycles. The first-order valence-corrected chi connectivity index (χ1v) is 6.56. The van der Waals surface area contributed by atoms with Gasteiger partial charge >= 0.3 is 0 Å². The topological polar surface area (TPSA) is 89.3 Å². The zero-order valence-corrected chi connectivity index (χ0v) is 12.1. The second kappa shape index (κ2) is 6.92. The standard InChI is InChI=1S/C14H15ClN4O2/c1-21-11-5-3-2-4-9(11)8-17-14(20)13-10(15)6-7-12(18-13)19-16/h2-7H,8,16H2,1H3,(H,17,20)(H,18,19). The Kier molecular flexibility index (Phi) is 4.97. The predicted molar refractivity (Wildman–Crippen MR) is 81.2 cm³/mol. The van der Waals surface area contributed by atoms with Crippen LogP contribution in [0.3, 0.4) is 0 Å². The Morgan fingerprint density at radius 3 is 2.81 bits per heavy atom. The summed E-state index contributed by atoms with van der Waals surface area (Å²) in [5, 5.41) is 3.00. The lowest BCUT2D eigenvalue weighted by molar-refractivity contribution is 0.0946. The van der Waals surface area contributed by atoms with Gasteiger partial charge < -0.3 is 15.5 Å². The highest BCUT2D eigenvalue weighted by Crippen LogP contribution is 2.18. The highest BCUT2D eigenvalue weighted by molar-refractivity contribution is 6.33. The molecule has 0 saturated heterocycles. The van der Waals surface area contributed by atoms with Crippen LogP contribution in [0.5, 0.6) is 5.75 Å². The number of nitrogen functional groups attached to an aromatic ring is 1. The minimum atomic E-state index is -0.386. The molecule has 0 bridgehead atoms. The number of carbonyl (C=O) groups excluding carboxylic acids is 1. The minimum absolute atomic E-state index is 0.113. The van der Waals surface area contributed by atoms with E-state index in [-0.39, 0.29) is 16.6 Å². The number of nitrogens with two attached hydrogens (primary N) is 1. The van der Waals surface area contributed by atoms with Crippen LogP contribution in [-0.2, 0) is 6.54 Å². The van der Waals surface area contributed by atoms with Gasteiger partial charge in [0.05, 0.1) is 12.1 Å². The molecule has 7 heteroatoms. The number of aromatic nitrogens is 1. The molecule has 0 unspecified atom stereocenters. The van der Waals surface area contributed by atoms with E-state index in [9.17, 15) is 4.79 Å². The van der Waals surface area contributed by atoms with Crippen LogP contribution in [0.1, 0.15) is 16.1 Å². The average Bonchev–Trinajstić information content (AvgIpc) is 2.53. The summed E-state index contributed by atoms with van der Waals surface area (Å²) in [7, 11) is 1.58. The van der Waals surface area contributed by atoms with Crippen molar-refractivity contribution in [2.75, 3.05) is 12.5 Å². The molecule has 110 valence electrons. The normalized spacial score (nSPS) is 10.0. The van der Waals surface area contributed by atoms with Crippen molar-refractivity contribution in [3.8, 4) is 5.75 Å². The molecule has 0 radical (unpaired) electrons. The molecule has 1 aromatic heterocycles. The lowest BCUT2D eigenvalue weighted by atomic mass is 10.2. The van der Waals surface area contributed by atoms with Crippen LogP contribution in [0, 0.1) is 0 Å². The van der Waals surface area contributed by atoms with Gasteiger partial charge in [0.25, 0.3) is 5.91 Å². The quantitative estimate of drug-likeness (QED) is 0.580. The average molecular weight is 307 g/mol. The third-order valence-electron chi connectivity index (χ3n) is 2.84. The van der Waals surface area contributed by atoms with E-state index < -0.39 is 0 Å². The number of anilines is 1. The van der Waals surface area contributed by atoms with E-state index in [0.29, 0.717) is 18.1 Å². The van der Waals surface area contributed by atoms with Crippen molar-refractivity contribution in [3.63, 3.8) is 0 Å². The van der Waals surface area contributed by atoms with Crippen molar-refractivity contribution in [2.24, 2.45) is 5.84 Å². The zero-order valence-electron chi connectivity index (χ0n) is 11.4. The molecule has 0 aliphatic heterocycles. The van der Waals surface area contributed by atoms with Crippen LogP contribution in [0.4, 0.5) is 5.82 Å². The number of nitrogens with zero attached hydrogens (tertiary/aromatic N) is 1. The fourth-order valence-electron chi connectivity index (χ4n) is 1.79. The second-order valence-electron chi connectivity index (χ2n) is 4.17. The van der Waals surface area contributed by atoms with Gasteiger partial charge in [0.1, 0.15) is 17.3 Å². The summed E-state index contributed by atoms with van der Waals surface area (Å²) < 4.78 is 5.22. The van der Waals surface area contributed by atoms with E-state index >= 15 is 0 Å². The molecular formula is C14H15ClN4O2. The van der Waals surface area contributed by atoms with Gasteiger partial charge in [-0.1, -0.05) is 29.8 Å². The van der Waals surface area contributed by atoms with Crippen LogP contribution in [-0.4, -0.2) is 18.0 Å². The smallest absolute Gasteiger partial charge is 0.271 e. The fourth-order valence-corrected chi connectivity index (χ4v) is 1.98. The number of amides is 1. The molecule has 0 saturated carbocycles. The third-order valence-corrected chi connectivity index (χ3v) is 3.15. The maximum absolute atomic E-state index is 12.1. The molecule has 2 aromatic rings. The van der Waals surface area contributed by atoms with Crippen LogP contribution in [0.15, 0.2) is 36.4 Å². The van der Waals surface area contributed by atoms with Gasteiger partial charge in [-0.15, -0.1) is 0 Å². The fraction of sp³-hybridized carbons (Fsp3) is 0.143. The van der Waals surface area contributed by atoms with E-state index in [1.807, 2.05) is 24.3 Å². The molecule has 1 amide bonds. The summed E-state index contributed by atoms with van der Waals surface area (Å²) in [4.78, 5) is 16.2. The highest BCUT2D eigenvalue weighted by atomic mass is 35.5. The molecule has 2 rings (SSSR count). The van der Waals surface area contributed by atoms with Crippen molar-refractivity contribution < 1.29 is 9.53 Å². The SMILES string of the molecule is COc1ccccc1CNC(=O)c1nc(NN)ccc1Cl. The summed E-state index contributed by atoms with van der Waals surface area (Å²) in [5.41, 5.74) is 3.34. The molecule has 0 atom stereocenters. The number of hydrazine groups is 1. The second-order valence-corrected chi connectivity index (χ2v) is 4.57. The summed E-state index contributed by atoms with van der Waals surface area (Å²) in [6, 6.07) is 10.6. The largest absolute Gasteiger partial charge is 0.496 e. The summed E-state index contributed by atoms with van der Waals surface area (Å²) in [6.45, 7) is 0.307. The molecule has 1 aromatic carbocycles. The van der Waals surface area contributed by atoms with Gasteiger partial charge in [-0.25, -0.2) is 10.8 Å². The molecule has 0 aliphatic rings. The van der Waals surface area contributed by atoms with Gasteiger partial charge in [-0.3, -0.25) is 4.79 Å². The molecule has 1 heterocycles. The summed E-state index contributed by atoms with van der Waals surface area (Å²) >= 11 is 5.97. The minimum Gasteiger partial charge on any atom is -0.496 e. The van der Waals surface area contributed by atoms with Gasteiger partial charge in [-0.2, -0.15) is 0 Å². The maximum Gasteiger partial charge on any atom is 0.271 e. The van der Waals surface area contributed by atoms with E-state index in [1.54, 1.807) is 19.2 Å². The Morgan fingerprint density at radius 1 is 1.33 bits per heavy atom. The van der Waals surface area contributed by atoms with Crippen molar-refractivity contribution in [1.29, 1.82) is 0 Å². The lowest BCUT2D eigenvalue weighted by Gasteiger charge is -2.10. The number of para-hydroxylation sites is 1. The number of ether oxygens (including phenoxy) is 1. The van der Waals surface area contributed by atoms with E-state index in [4.69, 9.17) is 22.2 Å². The van der Waals surface area contributed by atoms with Crippen LogP contribution in [0.2, 0.25) is 5.02 Å². The zero-order chi connectivity index (χ0) is 15.2. The number of nitrogens with one attached hydrogen (secondary N) is 2. The number of hydrogen-bond donors (Lipinski definition) is 3. The van der Waals surface area contributed by atoms with Crippen molar-refractivity contribution >= 4 is 23.3 Å². The van der Waals surface area contributed by atoms with Crippen molar-refractivity contribution in [2.45, 2.75) is 6.54 Å². The molecule has 4 N–H and O–H groups in total. The van der Waals surface area contributed by atoms with Crippen LogP contribution < -0.4 is 21.3 Å². The number of carbonyl (C=O) groups is 1. The van der Waals surface area contributed by atoms with E-state index in [2.05, 4.69) is 15.7 Å². The lowest BCUT2D eigenvalue weighted by Crippen LogP contribution is -2.25. The van der Waals surface area contributed by atoms with Gasteiger partial charge in [0, 0.05) is 12.1 Å². The van der Waals surface area contributed by atoms with E-state index in [0.717, 1.165) is 5.56 Å². The number of benzene rings is 1. The Bertz CT molecular complexity index is 649.